The number of halogens is 1. The number of carbonyl (C=O) groups is 1. The Morgan fingerprint density at radius 1 is 1.60 bits per heavy atom. The van der Waals surface area contributed by atoms with Crippen LogP contribution in [0.5, 0.6) is 0 Å². The van der Waals surface area contributed by atoms with Gasteiger partial charge in [-0.05, 0) is 30.5 Å². The van der Waals surface area contributed by atoms with Crippen molar-refractivity contribution in [3.63, 3.8) is 0 Å². The lowest BCUT2D eigenvalue weighted by atomic mass is 9.94. The zero-order chi connectivity index (χ0) is 11.0. The zero-order valence-electron chi connectivity index (χ0n) is 8.66. The molecule has 1 aromatic rings. The minimum atomic E-state index is -0.0145. The second-order valence-electron chi connectivity index (χ2n) is 4.05. The number of ketones is 1. The van der Waals surface area contributed by atoms with Gasteiger partial charge in [-0.1, -0.05) is 28.9 Å². The predicted molar refractivity (Wildman–Crippen MR) is 63.9 cm³/mol. The molecule has 0 saturated carbocycles. The Morgan fingerprint density at radius 3 is 3.00 bits per heavy atom. The molecule has 0 aliphatic heterocycles. The second-order valence-corrected chi connectivity index (χ2v) is 4.96. The third kappa shape index (κ3) is 1.86. The van der Waals surface area contributed by atoms with E-state index < -0.39 is 0 Å². The van der Waals surface area contributed by atoms with Crippen molar-refractivity contribution in [1.29, 1.82) is 0 Å². The molecule has 0 bridgehead atoms. The van der Waals surface area contributed by atoms with Crippen LogP contribution in [0.25, 0.3) is 0 Å². The molecular formula is C12H14BrNO. The lowest BCUT2D eigenvalue weighted by Crippen LogP contribution is -2.33. The maximum atomic E-state index is 12.0. The van der Waals surface area contributed by atoms with Crippen LogP contribution in [0.15, 0.2) is 22.7 Å². The van der Waals surface area contributed by atoms with Crippen molar-refractivity contribution in [2.45, 2.75) is 25.8 Å². The van der Waals surface area contributed by atoms with Crippen LogP contribution in [0, 0.1) is 5.92 Å². The first-order valence-corrected chi connectivity index (χ1v) is 6.01. The third-order valence-corrected chi connectivity index (χ3v) is 3.60. The van der Waals surface area contributed by atoms with Gasteiger partial charge in [0.05, 0.1) is 0 Å². The Hall–Kier alpha value is -0.670. The number of fused-ring (bicyclic) bond motifs is 1. The molecule has 0 spiro atoms. The number of rotatable bonds is 2. The van der Waals surface area contributed by atoms with Gasteiger partial charge in [-0.3, -0.25) is 4.79 Å². The number of Topliss-reactive ketones (excluding diaryl/α,β-unsaturated/α-hetero) is 1. The standard InChI is InChI=1S/C12H14BrNO/c1-2-11(14)10-5-7-3-4-8(13)6-9(7)12(10)15/h3-4,6,10-11H,2,5,14H2,1H3. The van der Waals surface area contributed by atoms with Crippen molar-refractivity contribution >= 4 is 21.7 Å². The smallest absolute Gasteiger partial charge is 0.168 e. The third-order valence-electron chi connectivity index (χ3n) is 3.10. The Labute approximate surface area is 98.0 Å². The van der Waals surface area contributed by atoms with E-state index in [0.717, 1.165) is 28.4 Å². The topological polar surface area (TPSA) is 43.1 Å². The minimum Gasteiger partial charge on any atom is -0.327 e. The largest absolute Gasteiger partial charge is 0.327 e. The van der Waals surface area contributed by atoms with Crippen LogP contribution >= 0.6 is 15.9 Å². The van der Waals surface area contributed by atoms with E-state index in [1.165, 1.54) is 0 Å². The fraction of sp³-hybridized carbons (Fsp3) is 0.417. The van der Waals surface area contributed by atoms with Crippen molar-refractivity contribution in [2.75, 3.05) is 0 Å². The molecule has 15 heavy (non-hydrogen) atoms. The van der Waals surface area contributed by atoms with E-state index in [9.17, 15) is 4.79 Å². The Morgan fingerprint density at radius 2 is 2.33 bits per heavy atom. The van der Waals surface area contributed by atoms with Crippen LogP contribution in [-0.4, -0.2) is 11.8 Å². The van der Waals surface area contributed by atoms with E-state index >= 15 is 0 Å². The molecule has 1 aliphatic carbocycles. The van der Waals surface area contributed by atoms with Crippen molar-refractivity contribution in [3.8, 4) is 0 Å². The summed E-state index contributed by atoms with van der Waals surface area (Å²) in [6, 6.07) is 5.88. The van der Waals surface area contributed by atoms with Gasteiger partial charge >= 0.3 is 0 Å². The summed E-state index contributed by atoms with van der Waals surface area (Å²) in [4.78, 5) is 12.0. The van der Waals surface area contributed by atoms with Crippen LogP contribution in [0.3, 0.4) is 0 Å². The highest BCUT2D eigenvalue weighted by Crippen LogP contribution is 2.31. The van der Waals surface area contributed by atoms with Crippen molar-refractivity contribution in [3.05, 3.63) is 33.8 Å². The van der Waals surface area contributed by atoms with E-state index in [0.29, 0.717) is 0 Å². The maximum Gasteiger partial charge on any atom is 0.168 e. The molecule has 0 radical (unpaired) electrons. The summed E-state index contributed by atoms with van der Waals surface area (Å²) in [7, 11) is 0. The highest BCUT2D eigenvalue weighted by Gasteiger charge is 2.33. The predicted octanol–water partition coefficient (Wildman–Crippen LogP) is 2.54. The molecule has 2 atom stereocenters. The van der Waals surface area contributed by atoms with Crippen LogP contribution < -0.4 is 5.73 Å². The van der Waals surface area contributed by atoms with Gasteiger partial charge in [0, 0.05) is 22.0 Å². The molecule has 1 aromatic carbocycles. The molecule has 0 aromatic heterocycles. The monoisotopic (exact) mass is 267 g/mol. The average molecular weight is 268 g/mol. The number of benzene rings is 1. The average Bonchev–Trinajstić information content (AvgIpc) is 2.55. The molecule has 80 valence electrons. The van der Waals surface area contributed by atoms with Gasteiger partial charge in [0.15, 0.2) is 5.78 Å². The molecule has 2 N–H and O–H groups in total. The normalized spacial score (nSPS) is 21.5. The van der Waals surface area contributed by atoms with Crippen molar-refractivity contribution < 1.29 is 4.79 Å². The molecule has 0 amide bonds. The highest BCUT2D eigenvalue weighted by molar-refractivity contribution is 9.10. The van der Waals surface area contributed by atoms with Gasteiger partial charge in [-0.15, -0.1) is 0 Å². The summed E-state index contributed by atoms with van der Waals surface area (Å²) >= 11 is 3.38. The quantitative estimate of drug-likeness (QED) is 0.895. The first-order valence-electron chi connectivity index (χ1n) is 5.21. The molecule has 2 nitrogen and oxygen atoms in total. The highest BCUT2D eigenvalue weighted by atomic mass is 79.9. The molecule has 2 unspecified atom stereocenters. The summed E-state index contributed by atoms with van der Waals surface area (Å²) in [5, 5.41) is 0. The first-order chi connectivity index (χ1) is 7.13. The summed E-state index contributed by atoms with van der Waals surface area (Å²) < 4.78 is 0.959. The van der Waals surface area contributed by atoms with Crippen LogP contribution in [-0.2, 0) is 6.42 Å². The van der Waals surface area contributed by atoms with E-state index in [1.54, 1.807) is 0 Å². The molecule has 3 heteroatoms. The van der Waals surface area contributed by atoms with Crippen molar-refractivity contribution in [1.82, 2.24) is 0 Å². The molecular weight excluding hydrogens is 254 g/mol. The lowest BCUT2D eigenvalue weighted by Gasteiger charge is -2.14. The Kier molecular flexibility index (Phi) is 2.94. The first kappa shape index (κ1) is 10.8. The summed E-state index contributed by atoms with van der Waals surface area (Å²) in [5.74, 6) is 0.194. The fourth-order valence-electron chi connectivity index (χ4n) is 2.12. The number of carbonyl (C=O) groups excluding carboxylic acids is 1. The van der Waals surface area contributed by atoms with Gasteiger partial charge in [0.1, 0.15) is 0 Å². The molecule has 0 saturated heterocycles. The van der Waals surface area contributed by atoms with Crippen LogP contribution in [0.2, 0.25) is 0 Å². The number of nitrogens with two attached hydrogens (primary N) is 1. The van der Waals surface area contributed by atoms with E-state index in [4.69, 9.17) is 5.73 Å². The Bertz CT molecular complexity index is 403. The van der Waals surface area contributed by atoms with E-state index in [-0.39, 0.29) is 17.7 Å². The van der Waals surface area contributed by atoms with E-state index in [1.807, 2.05) is 25.1 Å². The SMILES string of the molecule is CCC(N)C1Cc2ccc(Br)cc2C1=O. The summed E-state index contributed by atoms with van der Waals surface area (Å²) in [6.07, 6.45) is 1.65. The van der Waals surface area contributed by atoms with Gasteiger partial charge in [-0.25, -0.2) is 0 Å². The zero-order valence-corrected chi connectivity index (χ0v) is 10.3. The second kappa shape index (κ2) is 4.06. The maximum absolute atomic E-state index is 12.0. The van der Waals surface area contributed by atoms with Crippen LogP contribution in [0.1, 0.15) is 29.3 Å². The molecule has 2 rings (SSSR count). The number of hydrogen-bond acceptors (Lipinski definition) is 2. The van der Waals surface area contributed by atoms with Gasteiger partial charge in [-0.2, -0.15) is 0 Å². The van der Waals surface area contributed by atoms with Gasteiger partial charge in [0.25, 0.3) is 0 Å². The number of hydrogen-bond donors (Lipinski definition) is 1. The Balaban J connectivity index is 2.33. The van der Waals surface area contributed by atoms with Gasteiger partial charge in [0.2, 0.25) is 0 Å². The van der Waals surface area contributed by atoms with E-state index in [2.05, 4.69) is 15.9 Å². The van der Waals surface area contributed by atoms with Gasteiger partial charge < -0.3 is 5.73 Å². The molecule has 0 heterocycles. The fourth-order valence-corrected chi connectivity index (χ4v) is 2.48. The minimum absolute atomic E-state index is 0.0105. The lowest BCUT2D eigenvalue weighted by molar-refractivity contribution is 0.0918. The summed E-state index contributed by atoms with van der Waals surface area (Å²) in [6.45, 7) is 2.02. The molecule has 0 fully saturated rings. The summed E-state index contributed by atoms with van der Waals surface area (Å²) in [5.41, 5.74) is 7.94. The van der Waals surface area contributed by atoms with Crippen LogP contribution in [0.4, 0.5) is 0 Å². The molecule has 1 aliphatic rings. The van der Waals surface area contributed by atoms with Crippen molar-refractivity contribution in [2.24, 2.45) is 11.7 Å².